The molecule has 1 radical (unpaired) electrons. The van der Waals surface area contributed by atoms with Crippen LogP contribution in [0, 0.1) is 0 Å². The van der Waals surface area contributed by atoms with Crippen LogP contribution in [0.2, 0.25) is 0 Å². The molecule has 0 aromatic heterocycles. The molecule has 5 heteroatoms. The number of hydrogen-bond donors (Lipinski definition) is 0. The molecule has 16 heavy (non-hydrogen) atoms. The Morgan fingerprint density at radius 2 is 1.88 bits per heavy atom. The molecule has 87 valence electrons. The van der Waals surface area contributed by atoms with Crippen LogP contribution in [0.3, 0.4) is 0 Å². The molecule has 0 aliphatic rings. The van der Waals surface area contributed by atoms with E-state index >= 15 is 0 Å². The van der Waals surface area contributed by atoms with Gasteiger partial charge in [0.15, 0.2) is 0 Å². The smallest absolute Gasteiger partial charge is 0.315 e. The van der Waals surface area contributed by atoms with E-state index in [4.69, 9.17) is 0 Å². The maximum Gasteiger partial charge on any atom is 0.315 e. The standard InChI is InChI=1S/C11H12NO3.ClH/c1-2-15-11(14)8-10(13)12-9-6-4-3-5-7-9;/h3-7H,2,8H2,1H3;1H. The Labute approximate surface area is 100 Å². The molecule has 0 unspecified atom stereocenters. The van der Waals surface area contributed by atoms with Crippen LogP contribution in [0.25, 0.3) is 0 Å². The summed E-state index contributed by atoms with van der Waals surface area (Å²) >= 11 is 0. The molecular weight excluding hydrogens is 230 g/mol. The van der Waals surface area contributed by atoms with Gasteiger partial charge in [0.1, 0.15) is 6.42 Å². The fourth-order valence-electron chi connectivity index (χ4n) is 1.02. The van der Waals surface area contributed by atoms with Gasteiger partial charge in [-0.25, -0.2) is 5.32 Å². The SMILES string of the molecule is CCOC(=O)CC(=O)[N]c1ccccc1.Cl. The van der Waals surface area contributed by atoms with Crippen LogP contribution >= 0.6 is 12.4 Å². The zero-order valence-corrected chi connectivity index (χ0v) is 9.70. The number of amides is 1. The summed E-state index contributed by atoms with van der Waals surface area (Å²) in [7, 11) is 0. The number of para-hydroxylation sites is 1. The van der Waals surface area contributed by atoms with Crippen molar-refractivity contribution in [3.63, 3.8) is 0 Å². The molecule has 0 saturated carbocycles. The third-order valence-electron chi connectivity index (χ3n) is 1.61. The Kier molecular flexibility index (Phi) is 6.96. The Morgan fingerprint density at radius 3 is 2.44 bits per heavy atom. The molecule has 1 rings (SSSR count). The molecule has 0 fully saturated rings. The number of hydrogen-bond acceptors (Lipinski definition) is 3. The van der Waals surface area contributed by atoms with Crippen LogP contribution in [0.1, 0.15) is 13.3 Å². The van der Waals surface area contributed by atoms with Gasteiger partial charge in [-0.05, 0) is 19.1 Å². The third kappa shape index (κ3) is 5.36. The topological polar surface area (TPSA) is 57.5 Å². The van der Waals surface area contributed by atoms with Crippen molar-refractivity contribution in [2.45, 2.75) is 13.3 Å². The quantitative estimate of drug-likeness (QED) is 0.598. The molecule has 1 aromatic carbocycles. The second-order valence-electron chi connectivity index (χ2n) is 2.82. The van der Waals surface area contributed by atoms with E-state index in [-0.39, 0.29) is 25.4 Å². The fraction of sp³-hybridized carbons (Fsp3) is 0.273. The normalized spacial score (nSPS) is 8.81. The van der Waals surface area contributed by atoms with Crippen molar-refractivity contribution in [1.82, 2.24) is 5.32 Å². The third-order valence-corrected chi connectivity index (χ3v) is 1.61. The summed E-state index contributed by atoms with van der Waals surface area (Å²) < 4.78 is 4.63. The first kappa shape index (κ1) is 14.5. The van der Waals surface area contributed by atoms with Gasteiger partial charge in [0, 0.05) is 0 Å². The zero-order chi connectivity index (χ0) is 11.1. The second kappa shape index (κ2) is 7.70. The van der Waals surface area contributed by atoms with Crippen molar-refractivity contribution in [2.75, 3.05) is 6.61 Å². The van der Waals surface area contributed by atoms with Gasteiger partial charge in [0.25, 0.3) is 5.91 Å². The number of esters is 1. The highest BCUT2D eigenvalue weighted by Gasteiger charge is 2.11. The number of nitrogens with zero attached hydrogens (tertiary/aromatic N) is 1. The van der Waals surface area contributed by atoms with E-state index in [0.717, 1.165) is 0 Å². The van der Waals surface area contributed by atoms with E-state index in [0.29, 0.717) is 5.69 Å². The van der Waals surface area contributed by atoms with Gasteiger partial charge in [-0.2, -0.15) is 0 Å². The van der Waals surface area contributed by atoms with Gasteiger partial charge < -0.3 is 4.74 Å². The van der Waals surface area contributed by atoms with Gasteiger partial charge in [-0.15, -0.1) is 12.4 Å². The Morgan fingerprint density at radius 1 is 1.25 bits per heavy atom. The molecule has 0 atom stereocenters. The monoisotopic (exact) mass is 242 g/mol. The predicted molar refractivity (Wildman–Crippen MR) is 61.7 cm³/mol. The summed E-state index contributed by atoms with van der Waals surface area (Å²) in [5.41, 5.74) is 0.548. The molecule has 0 N–H and O–H groups in total. The summed E-state index contributed by atoms with van der Waals surface area (Å²) in [5, 5.41) is 3.74. The van der Waals surface area contributed by atoms with Crippen molar-refractivity contribution in [2.24, 2.45) is 0 Å². The second-order valence-corrected chi connectivity index (χ2v) is 2.82. The van der Waals surface area contributed by atoms with Crippen molar-refractivity contribution >= 4 is 30.0 Å². The number of ether oxygens (including phenoxy) is 1. The van der Waals surface area contributed by atoms with Crippen molar-refractivity contribution in [3.8, 4) is 0 Å². The Hall–Kier alpha value is -1.55. The molecular formula is C11H13ClNO3. The highest BCUT2D eigenvalue weighted by molar-refractivity contribution is 5.95. The van der Waals surface area contributed by atoms with Gasteiger partial charge in [0.2, 0.25) is 0 Å². The lowest BCUT2D eigenvalue weighted by Crippen LogP contribution is -2.17. The van der Waals surface area contributed by atoms with Gasteiger partial charge in [0.05, 0.1) is 12.3 Å². The molecule has 1 aromatic rings. The first-order valence-electron chi connectivity index (χ1n) is 4.67. The van der Waals surface area contributed by atoms with E-state index in [2.05, 4.69) is 10.1 Å². The maximum absolute atomic E-state index is 11.2. The van der Waals surface area contributed by atoms with Crippen molar-refractivity contribution in [3.05, 3.63) is 30.3 Å². The van der Waals surface area contributed by atoms with Crippen LogP contribution in [-0.4, -0.2) is 18.5 Å². The molecule has 0 bridgehead atoms. The predicted octanol–water partition coefficient (Wildman–Crippen LogP) is 1.82. The van der Waals surface area contributed by atoms with Crippen LogP contribution in [0.5, 0.6) is 0 Å². The maximum atomic E-state index is 11.2. The number of rotatable bonds is 4. The molecule has 0 heterocycles. The lowest BCUT2D eigenvalue weighted by Gasteiger charge is -2.01. The molecule has 4 nitrogen and oxygen atoms in total. The van der Waals surface area contributed by atoms with Crippen molar-refractivity contribution in [1.29, 1.82) is 0 Å². The van der Waals surface area contributed by atoms with E-state index in [9.17, 15) is 9.59 Å². The summed E-state index contributed by atoms with van der Waals surface area (Å²) in [6, 6.07) is 8.77. The van der Waals surface area contributed by atoms with E-state index in [1.807, 2.05) is 6.07 Å². The van der Waals surface area contributed by atoms with Crippen LogP contribution in [0.4, 0.5) is 5.69 Å². The van der Waals surface area contributed by atoms with Crippen LogP contribution < -0.4 is 5.32 Å². The number of carbonyl (C=O) groups is 2. The van der Waals surface area contributed by atoms with E-state index < -0.39 is 11.9 Å². The zero-order valence-electron chi connectivity index (χ0n) is 8.88. The first-order valence-corrected chi connectivity index (χ1v) is 4.67. The minimum atomic E-state index is -0.540. The first-order chi connectivity index (χ1) is 7.22. The minimum absolute atomic E-state index is 0. The summed E-state index contributed by atoms with van der Waals surface area (Å²) in [4.78, 5) is 22.2. The van der Waals surface area contributed by atoms with Gasteiger partial charge in [-0.3, -0.25) is 9.59 Å². The summed E-state index contributed by atoms with van der Waals surface area (Å²) in [5.74, 6) is -1.03. The largest absolute Gasteiger partial charge is 0.466 e. The lowest BCUT2D eigenvalue weighted by molar-refractivity contribution is -0.145. The Bertz CT molecular complexity index is 340. The highest BCUT2D eigenvalue weighted by Crippen LogP contribution is 2.05. The van der Waals surface area contributed by atoms with E-state index in [1.165, 1.54) is 0 Å². The minimum Gasteiger partial charge on any atom is -0.466 e. The number of halogens is 1. The van der Waals surface area contributed by atoms with Gasteiger partial charge >= 0.3 is 5.97 Å². The average Bonchev–Trinajstić information content (AvgIpc) is 2.19. The fourth-order valence-corrected chi connectivity index (χ4v) is 1.02. The van der Waals surface area contributed by atoms with Crippen molar-refractivity contribution < 1.29 is 14.3 Å². The number of carbonyl (C=O) groups excluding carboxylic acids is 2. The molecule has 1 amide bonds. The molecule has 0 aliphatic carbocycles. The highest BCUT2D eigenvalue weighted by atomic mass is 35.5. The average molecular weight is 243 g/mol. The van der Waals surface area contributed by atoms with E-state index in [1.54, 1.807) is 31.2 Å². The van der Waals surface area contributed by atoms with Gasteiger partial charge in [-0.1, -0.05) is 18.2 Å². The summed E-state index contributed by atoms with van der Waals surface area (Å²) in [6.45, 7) is 1.97. The molecule has 0 saturated heterocycles. The van der Waals surface area contributed by atoms with Crippen LogP contribution in [0.15, 0.2) is 30.3 Å². The number of benzene rings is 1. The summed E-state index contributed by atoms with van der Waals surface area (Å²) in [6.07, 6.45) is -0.303. The molecule has 0 spiro atoms. The lowest BCUT2D eigenvalue weighted by atomic mass is 10.3. The molecule has 0 aliphatic heterocycles. The van der Waals surface area contributed by atoms with Crippen LogP contribution in [-0.2, 0) is 14.3 Å². The Balaban J connectivity index is 0.00000225.